The Labute approximate surface area is 153 Å². The zero-order valence-electron chi connectivity index (χ0n) is 16.0. The maximum Gasteiger partial charge on any atom is 0.346 e. The summed E-state index contributed by atoms with van der Waals surface area (Å²) in [5.74, 6) is -0.998. The molecule has 26 heavy (non-hydrogen) atoms. The van der Waals surface area contributed by atoms with E-state index in [2.05, 4.69) is 5.32 Å². The van der Waals surface area contributed by atoms with Gasteiger partial charge in [-0.15, -0.1) is 0 Å². The first kappa shape index (κ1) is 21.3. The number of hydrogen-bond acceptors (Lipinski definition) is 6. The molecule has 0 aliphatic rings. The lowest BCUT2D eigenvalue weighted by Crippen LogP contribution is -2.46. The van der Waals surface area contributed by atoms with E-state index in [9.17, 15) is 14.4 Å². The van der Waals surface area contributed by atoms with Crippen molar-refractivity contribution in [2.24, 2.45) is 0 Å². The molecule has 2 amide bonds. The van der Waals surface area contributed by atoms with Crippen molar-refractivity contribution in [1.82, 2.24) is 10.2 Å². The highest BCUT2D eigenvalue weighted by molar-refractivity contribution is 5.97. The Morgan fingerprint density at radius 2 is 1.62 bits per heavy atom. The largest absolute Gasteiger partial charge is 0.496 e. The molecule has 144 valence electrons. The average Bonchev–Trinajstić information content (AvgIpc) is 2.56. The molecule has 0 atom stereocenters. The van der Waals surface area contributed by atoms with Gasteiger partial charge >= 0.3 is 5.97 Å². The fourth-order valence-corrected chi connectivity index (χ4v) is 2.12. The average molecular weight is 366 g/mol. The Bertz CT molecular complexity index is 644. The third-order valence-electron chi connectivity index (χ3n) is 3.28. The fourth-order valence-electron chi connectivity index (χ4n) is 2.12. The number of ether oxygens (including phenoxy) is 3. The molecule has 1 rings (SSSR count). The van der Waals surface area contributed by atoms with Gasteiger partial charge in [0.15, 0.2) is 6.61 Å². The second kappa shape index (κ2) is 9.07. The first-order valence-corrected chi connectivity index (χ1v) is 8.02. The maximum atomic E-state index is 12.3. The number of benzene rings is 1. The predicted octanol–water partition coefficient (Wildman–Crippen LogP) is 1.23. The van der Waals surface area contributed by atoms with E-state index in [1.165, 1.54) is 26.2 Å². The second-order valence-electron chi connectivity index (χ2n) is 6.66. The Morgan fingerprint density at radius 1 is 1.08 bits per heavy atom. The minimum atomic E-state index is -0.750. The van der Waals surface area contributed by atoms with Crippen LogP contribution in [0.5, 0.6) is 11.5 Å². The highest BCUT2D eigenvalue weighted by Gasteiger charge is 2.22. The standard InChI is InChI=1S/C18H26N2O6/c1-18(2,3)19-14(21)10-20(4)15(22)11-26-17(23)16-12(24-5)8-7-9-13(16)25-6/h7-9H,10-11H2,1-6H3,(H,19,21). The number of esters is 1. The third-order valence-corrected chi connectivity index (χ3v) is 3.28. The third kappa shape index (κ3) is 6.27. The van der Waals surface area contributed by atoms with Crippen molar-refractivity contribution in [3.63, 3.8) is 0 Å². The number of carbonyl (C=O) groups is 3. The van der Waals surface area contributed by atoms with E-state index in [0.717, 1.165) is 0 Å². The molecule has 1 aromatic carbocycles. The van der Waals surface area contributed by atoms with Gasteiger partial charge in [-0.1, -0.05) is 6.07 Å². The smallest absolute Gasteiger partial charge is 0.346 e. The van der Waals surface area contributed by atoms with E-state index in [0.29, 0.717) is 0 Å². The van der Waals surface area contributed by atoms with Crippen molar-refractivity contribution >= 4 is 17.8 Å². The molecule has 1 aromatic rings. The number of carbonyl (C=O) groups excluding carboxylic acids is 3. The van der Waals surface area contributed by atoms with Gasteiger partial charge in [-0.3, -0.25) is 9.59 Å². The summed E-state index contributed by atoms with van der Waals surface area (Å²) < 4.78 is 15.3. The van der Waals surface area contributed by atoms with Crippen molar-refractivity contribution in [3.8, 4) is 11.5 Å². The first-order valence-electron chi connectivity index (χ1n) is 8.02. The van der Waals surface area contributed by atoms with Crippen LogP contribution in [0.15, 0.2) is 18.2 Å². The van der Waals surface area contributed by atoms with E-state index in [-0.39, 0.29) is 29.5 Å². The summed E-state index contributed by atoms with van der Waals surface area (Å²) in [5.41, 5.74) is -0.299. The number of rotatable bonds is 7. The Balaban J connectivity index is 2.67. The number of methoxy groups -OCH3 is 2. The van der Waals surface area contributed by atoms with Crippen LogP contribution in [0, 0.1) is 0 Å². The molecule has 0 heterocycles. The van der Waals surface area contributed by atoms with E-state index >= 15 is 0 Å². The molecular formula is C18H26N2O6. The summed E-state index contributed by atoms with van der Waals surface area (Å²) in [6.45, 7) is 4.89. The zero-order chi connectivity index (χ0) is 19.9. The van der Waals surface area contributed by atoms with Gasteiger partial charge in [-0.25, -0.2) is 4.79 Å². The predicted molar refractivity (Wildman–Crippen MR) is 95.4 cm³/mol. The molecular weight excluding hydrogens is 340 g/mol. The van der Waals surface area contributed by atoms with Crippen molar-refractivity contribution in [3.05, 3.63) is 23.8 Å². The number of nitrogens with zero attached hydrogens (tertiary/aromatic N) is 1. The molecule has 8 nitrogen and oxygen atoms in total. The molecule has 0 saturated carbocycles. The molecule has 0 saturated heterocycles. The fraction of sp³-hybridized carbons (Fsp3) is 0.500. The summed E-state index contributed by atoms with van der Waals surface area (Å²) in [7, 11) is 4.29. The monoisotopic (exact) mass is 366 g/mol. The van der Waals surface area contributed by atoms with Crippen LogP contribution in [0.1, 0.15) is 31.1 Å². The van der Waals surface area contributed by atoms with Crippen molar-refractivity contribution < 1.29 is 28.6 Å². The van der Waals surface area contributed by atoms with Gasteiger partial charge < -0.3 is 24.4 Å². The maximum absolute atomic E-state index is 12.3. The molecule has 0 aromatic heterocycles. The molecule has 0 bridgehead atoms. The Kier molecular flexibility index (Phi) is 7.42. The van der Waals surface area contributed by atoms with Crippen LogP contribution in [0.25, 0.3) is 0 Å². The lowest BCUT2D eigenvalue weighted by Gasteiger charge is -2.23. The van der Waals surface area contributed by atoms with E-state index in [1.54, 1.807) is 18.2 Å². The topological polar surface area (TPSA) is 94.2 Å². The normalized spacial score (nSPS) is 10.7. The van der Waals surface area contributed by atoms with Crippen molar-refractivity contribution in [1.29, 1.82) is 0 Å². The number of nitrogens with one attached hydrogen (secondary N) is 1. The van der Waals surface area contributed by atoms with Crippen LogP contribution >= 0.6 is 0 Å². The summed E-state index contributed by atoms with van der Waals surface area (Å²) in [4.78, 5) is 37.4. The summed E-state index contributed by atoms with van der Waals surface area (Å²) in [6, 6.07) is 4.84. The molecule has 0 aliphatic heterocycles. The number of likely N-dealkylation sites (N-methyl/N-ethyl adjacent to an activating group) is 1. The van der Waals surface area contributed by atoms with Gasteiger partial charge in [0.25, 0.3) is 5.91 Å². The minimum Gasteiger partial charge on any atom is -0.496 e. The second-order valence-corrected chi connectivity index (χ2v) is 6.66. The van der Waals surface area contributed by atoms with Crippen LogP contribution in [-0.4, -0.2) is 62.6 Å². The van der Waals surface area contributed by atoms with Gasteiger partial charge in [0.05, 0.1) is 20.8 Å². The number of hydrogen-bond donors (Lipinski definition) is 1. The van der Waals surface area contributed by atoms with Crippen LogP contribution in [-0.2, 0) is 14.3 Å². The van der Waals surface area contributed by atoms with Crippen molar-refractivity contribution in [2.75, 3.05) is 34.4 Å². The molecule has 0 aliphatic carbocycles. The minimum absolute atomic E-state index is 0.0958. The van der Waals surface area contributed by atoms with E-state index < -0.39 is 24.0 Å². The highest BCUT2D eigenvalue weighted by Crippen LogP contribution is 2.28. The summed E-state index contributed by atoms with van der Waals surface area (Å²) in [5, 5.41) is 2.75. The van der Waals surface area contributed by atoms with Crippen LogP contribution in [0.3, 0.4) is 0 Å². The quantitative estimate of drug-likeness (QED) is 0.730. The van der Waals surface area contributed by atoms with Gasteiger partial charge in [0.1, 0.15) is 17.1 Å². The summed E-state index contributed by atoms with van der Waals surface area (Å²) in [6.07, 6.45) is 0. The molecule has 0 spiro atoms. The zero-order valence-corrected chi connectivity index (χ0v) is 16.0. The van der Waals surface area contributed by atoms with Crippen molar-refractivity contribution in [2.45, 2.75) is 26.3 Å². The van der Waals surface area contributed by atoms with Gasteiger partial charge in [-0.2, -0.15) is 0 Å². The van der Waals surface area contributed by atoms with Gasteiger partial charge in [-0.05, 0) is 32.9 Å². The molecule has 8 heteroatoms. The van der Waals surface area contributed by atoms with E-state index in [1.807, 2.05) is 20.8 Å². The first-order chi connectivity index (χ1) is 12.1. The van der Waals surface area contributed by atoms with Gasteiger partial charge in [0.2, 0.25) is 5.91 Å². The molecule has 0 radical (unpaired) electrons. The molecule has 0 unspecified atom stereocenters. The SMILES string of the molecule is COc1cccc(OC)c1C(=O)OCC(=O)N(C)CC(=O)NC(C)(C)C. The van der Waals surface area contributed by atoms with Crippen LogP contribution in [0.4, 0.5) is 0 Å². The Morgan fingerprint density at radius 3 is 2.08 bits per heavy atom. The van der Waals surface area contributed by atoms with E-state index in [4.69, 9.17) is 14.2 Å². The van der Waals surface area contributed by atoms with Crippen LogP contribution in [0.2, 0.25) is 0 Å². The van der Waals surface area contributed by atoms with Crippen LogP contribution < -0.4 is 14.8 Å². The summed E-state index contributed by atoms with van der Waals surface area (Å²) >= 11 is 0. The molecule has 1 N–H and O–H groups in total. The lowest BCUT2D eigenvalue weighted by atomic mass is 10.1. The highest BCUT2D eigenvalue weighted by atomic mass is 16.5. The van der Waals surface area contributed by atoms with Gasteiger partial charge in [0, 0.05) is 12.6 Å². The number of amides is 2. The lowest BCUT2D eigenvalue weighted by molar-refractivity contribution is -0.137. The Hall–Kier alpha value is -2.77. The molecule has 0 fully saturated rings.